The zero-order valence-corrected chi connectivity index (χ0v) is 13.7. The maximum atomic E-state index is 5.53. The molecule has 0 unspecified atom stereocenters. The van der Waals surface area contributed by atoms with Crippen molar-refractivity contribution >= 4 is 0 Å². The van der Waals surface area contributed by atoms with Crippen LogP contribution in [0.3, 0.4) is 0 Å². The van der Waals surface area contributed by atoms with Gasteiger partial charge in [0.25, 0.3) is 0 Å². The molecule has 2 nitrogen and oxygen atoms in total. The third-order valence-corrected chi connectivity index (χ3v) is 3.66. The molecule has 0 spiro atoms. The Labute approximate surface area is 128 Å². The lowest BCUT2D eigenvalue weighted by Gasteiger charge is -2.15. The lowest BCUT2D eigenvalue weighted by atomic mass is 9.96. The molecule has 0 fully saturated rings. The highest BCUT2D eigenvalue weighted by atomic mass is 16.5. The maximum absolute atomic E-state index is 5.53. The first-order valence-electron chi connectivity index (χ1n) is 7.49. The van der Waals surface area contributed by atoms with Crippen molar-refractivity contribution < 1.29 is 4.74 Å². The van der Waals surface area contributed by atoms with Crippen molar-refractivity contribution in [2.45, 2.75) is 40.3 Å². The van der Waals surface area contributed by atoms with Gasteiger partial charge in [0, 0.05) is 18.2 Å². The zero-order chi connectivity index (χ0) is 15.4. The number of hydrogen-bond acceptors (Lipinski definition) is 2. The standard InChI is InChI=1S/C19H25NO/c1-13(2)20-12-16-8-7-15(4)17(11-16)18-10-14(3)6-9-19(18)21-5/h6-11,13,20H,12H2,1-5H3. The Kier molecular flexibility index (Phi) is 5.03. The van der Waals surface area contributed by atoms with Gasteiger partial charge in [-0.3, -0.25) is 0 Å². The topological polar surface area (TPSA) is 21.3 Å². The van der Waals surface area contributed by atoms with E-state index in [1.165, 1.54) is 27.8 Å². The molecule has 21 heavy (non-hydrogen) atoms. The van der Waals surface area contributed by atoms with E-state index in [9.17, 15) is 0 Å². The number of benzene rings is 2. The van der Waals surface area contributed by atoms with E-state index in [1.807, 2.05) is 6.07 Å². The third kappa shape index (κ3) is 3.85. The smallest absolute Gasteiger partial charge is 0.126 e. The second kappa shape index (κ2) is 6.77. The van der Waals surface area contributed by atoms with Crippen LogP contribution in [-0.4, -0.2) is 13.2 Å². The van der Waals surface area contributed by atoms with Gasteiger partial charge in [-0.25, -0.2) is 0 Å². The predicted molar refractivity (Wildman–Crippen MR) is 89.9 cm³/mol. The molecule has 0 radical (unpaired) electrons. The Hall–Kier alpha value is -1.80. The van der Waals surface area contributed by atoms with Gasteiger partial charge in [-0.2, -0.15) is 0 Å². The highest BCUT2D eigenvalue weighted by molar-refractivity contribution is 5.74. The van der Waals surface area contributed by atoms with E-state index < -0.39 is 0 Å². The van der Waals surface area contributed by atoms with Crippen LogP contribution in [0.15, 0.2) is 36.4 Å². The molecule has 2 aromatic carbocycles. The summed E-state index contributed by atoms with van der Waals surface area (Å²) in [6.45, 7) is 9.48. The van der Waals surface area contributed by atoms with Crippen molar-refractivity contribution in [2.24, 2.45) is 0 Å². The van der Waals surface area contributed by atoms with Crippen LogP contribution in [-0.2, 0) is 6.54 Å². The quantitative estimate of drug-likeness (QED) is 0.873. The van der Waals surface area contributed by atoms with Gasteiger partial charge in [0.1, 0.15) is 5.75 Å². The second-order valence-corrected chi connectivity index (χ2v) is 5.89. The minimum atomic E-state index is 0.489. The first kappa shape index (κ1) is 15.6. The van der Waals surface area contributed by atoms with E-state index in [1.54, 1.807) is 7.11 Å². The van der Waals surface area contributed by atoms with Crippen LogP contribution in [0.5, 0.6) is 5.75 Å². The van der Waals surface area contributed by atoms with E-state index in [2.05, 4.69) is 63.3 Å². The lowest BCUT2D eigenvalue weighted by molar-refractivity contribution is 0.416. The summed E-state index contributed by atoms with van der Waals surface area (Å²) in [5.41, 5.74) is 6.23. The molecular formula is C19H25NO. The number of hydrogen-bond donors (Lipinski definition) is 1. The molecule has 0 atom stereocenters. The van der Waals surface area contributed by atoms with Crippen molar-refractivity contribution in [2.75, 3.05) is 7.11 Å². The fourth-order valence-electron chi connectivity index (χ4n) is 2.42. The molecule has 0 amide bonds. The molecule has 1 N–H and O–H groups in total. The molecule has 0 aliphatic heterocycles. The summed E-state index contributed by atoms with van der Waals surface area (Å²) in [5.74, 6) is 0.928. The first-order valence-corrected chi connectivity index (χ1v) is 7.49. The summed E-state index contributed by atoms with van der Waals surface area (Å²) in [4.78, 5) is 0. The van der Waals surface area contributed by atoms with E-state index in [-0.39, 0.29) is 0 Å². The van der Waals surface area contributed by atoms with Crippen molar-refractivity contribution in [1.29, 1.82) is 0 Å². The van der Waals surface area contributed by atoms with E-state index in [0.29, 0.717) is 6.04 Å². The Morgan fingerprint density at radius 2 is 1.76 bits per heavy atom. The predicted octanol–water partition coefficient (Wildman–Crippen LogP) is 4.48. The van der Waals surface area contributed by atoms with Gasteiger partial charge in [0.05, 0.1) is 7.11 Å². The SMILES string of the molecule is COc1ccc(C)cc1-c1cc(CNC(C)C)ccc1C. The fourth-order valence-corrected chi connectivity index (χ4v) is 2.42. The Balaban J connectivity index is 2.43. The number of aryl methyl sites for hydroxylation is 2. The highest BCUT2D eigenvalue weighted by Gasteiger charge is 2.10. The minimum absolute atomic E-state index is 0.489. The van der Waals surface area contributed by atoms with Crippen LogP contribution in [0.1, 0.15) is 30.5 Å². The summed E-state index contributed by atoms with van der Waals surface area (Å²) >= 11 is 0. The Morgan fingerprint density at radius 1 is 1.00 bits per heavy atom. The van der Waals surface area contributed by atoms with Gasteiger partial charge < -0.3 is 10.1 Å². The average Bonchev–Trinajstić information content (AvgIpc) is 2.46. The summed E-state index contributed by atoms with van der Waals surface area (Å²) in [5, 5.41) is 3.47. The second-order valence-electron chi connectivity index (χ2n) is 5.89. The molecule has 0 saturated heterocycles. The van der Waals surface area contributed by atoms with Crippen molar-refractivity contribution in [3.05, 3.63) is 53.1 Å². The van der Waals surface area contributed by atoms with E-state index >= 15 is 0 Å². The normalized spacial score (nSPS) is 11.0. The summed E-state index contributed by atoms with van der Waals surface area (Å²) in [6, 6.07) is 13.5. The summed E-state index contributed by atoms with van der Waals surface area (Å²) in [6.07, 6.45) is 0. The summed E-state index contributed by atoms with van der Waals surface area (Å²) < 4.78 is 5.53. The highest BCUT2D eigenvalue weighted by Crippen LogP contribution is 2.33. The molecule has 0 heterocycles. The number of ether oxygens (including phenoxy) is 1. The molecular weight excluding hydrogens is 258 g/mol. The van der Waals surface area contributed by atoms with Crippen LogP contribution in [0.25, 0.3) is 11.1 Å². The van der Waals surface area contributed by atoms with Crippen LogP contribution in [0, 0.1) is 13.8 Å². The Morgan fingerprint density at radius 3 is 2.43 bits per heavy atom. The van der Waals surface area contributed by atoms with Crippen molar-refractivity contribution in [3.63, 3.8) is 0 Å². The van der Waals surface area contributed by atoms with Gasteiger partial charge in [-0.05, 0) is 48.7 Å². The number of methoxy groups -OCH3 is 1. The minimum Gasteiger partial charge on any atom is -0.496 e. The molecule has 0 saturated carbocycles. The van der Waals surface area contributed by atoms with Crippen molar-refractivity contribution in [1.82, 2.24) is 5.32 Å². The van der Waals surface area contributed by atoms with Gasteiger partial charge in [-0.1, -0.05) is 37.6 Å². The van der Waals surface area contributed by atoms with Gasteiger partial charge in [0.2, 0.25) is 0 Å². The van der Waals surface area contributed by atoms with Gasteiger partial charge in [-0.15, -0.1) is 0 Å². The maximum Gasteiger partial charge on any atom is 0.126 e. The fraction of sp³-hybridized carbons (Fsp3) is 0.368. The monoisotopic (exact) mass is 283 g/mol. The van der Waals surface area contributed by atoms with Crippen molar-refractivity contribution in [3.8, 4) is 16.9 Å². The van der Waals surface area contributed by atoms with Crippen LogP contribution in [0.4, 0.5) is 0 Å². The zero-order valence-electron chi connectivity index (χ0n) is 13.7. The first-order chi connectivity index (χ1) is 10.0. The molecule has 112 valence electrons. The summed E-state index contributed by atoms with van der Waals surface area (Å²) in [7, 11) is 1.73. The average molecular weight is 283 g/mol. The Bertz CT molecular complexity index is 617. The number of rotatable bonds is 5. The molecule has 0 bridgehead atoms. The third-order valence-electron chi connectivity index (χ3n) is 3.66. The molecule has 2 aromatic rings. The molecule has 2 heteroatoms. The molecule has 0 aliphatic carbocycles. The van der Waals surface area contributed by atoms with Crippen LogP contribution >= 0.6 is 0 Å². The van der Waals surface area contributed by atoms with Crippen LogP contribution in [0.2, 0.25) is 0 Å². The van der Waals surface area contributed by atoms with Gasteiger partial charge >= 0.3 is 0 Å². The largest absolute Gasteiger partial charge is 0.496 e. The van der Waals surface area contributed by atoms with Crippen LogP contribution < -0.4 is 10.1 Å². The molecule has 0 aliphatic rings. The molecule has 0 aromatic heterocycles. The number of nitrogens with one attached hydrogen (secondary N) is 1. The van der Waals surface area contributed by atoms with Gasteiger partial charge in [0.15, 0.2) is 0 Å². The molecule has 2 rings (SSSR count). The lowest BCUT2D eigenvalue weighted by Crippen LogP contribution is -2.21. The van der Waals surface area contributed by atoms with E-state index in [4.69, 9.17) is 4.74 Å². The van der Waals surface area contributed by atoms with E-state index in [0.717, 1.165) is 12.3 Å².